The molecule has 1 fully saturated rings. The molecule has 4 nitrogen and oxygen atoms in total. The van der Waals surface area contributed by atoms with E-state index in [-0.39, 0.29) is 0 Å². The van der Waals surface area contributed by atoms with Gasteiger partial charge in [0, 0.05) is 14.2 Å². The molecule has 0 bridgehead atoms. The molecule has 0 radical (unpaired) electrons. The molecule has 1 atom stereocenters. The van der Waals surface area contributed by atoms with E-state index < -0.39 is 17.3 Å². The van der Waals surface area contributed by atoms with E-state index in [1.165, 1.54) is 14.2 Å². The van der Waals surface area contributed by atoms with Crippen LogP contribution >= 0.6 is 0 Å². The summed E-state index contributed by atoms with van der Waals surface area (Å²) in [7, 11) is 2.99. The summed E-state index contributed by atoms with van der Waals surface area (Å²) in [4.78, 5) is 0. The van der Waals surface area contributed by atoms with Crippen molar-refractivity contribution in [3.8, 4) is 6.07 Å². The smallest absolute Gasteiger partial charge is 0.186 e. The van der Waals surface area contributed by atoms with Crippen LogP contribution in [0.2, 0.25) is 0 Å². The molecule has 1 saturated carbocycles. The Balaban J connectivity index is 2.92. The summed E-state index contributed by atoms with van der Waals surface area (Å²) in [5.74, 6) is 1.27. The van der Waals surface area contributed by atoms with E-state index in [0.29, 0.717) is 24.7 Å². The number of nitrogens with zero attached hydrogens (tertiary/aromatic N) is 1. The number of aliphatic hydroxyl groups is 1. The zero-order valence-electron chi connectivity index (χ0n) is 12.8. The van der Waals surface area contributed by atoms with Gasteiger partial charge in [0.1, 0.15) is 5.60 Å². The predicted octanol–water partition coefficient (Wildman–Crippen LogP) is 2.71. The number of hydrogen-bond acceptors (Lipinski definition) is 4. The van der Waals surface area contributed by atoms with Crippen LogP contribution in [0.15, 0.2) is 0 Å². The summed E-state index contributed by atoms with van der Waals surface area (Å²) in [6.45, 7) is 6.09. The van der Waals surface area contributed by atoms with E-state index in [0.717, 1.165) is 12.8 Å². The van der Waals surface area contributed by atoms with Gasteiger partial charge in [-0.3, -0.25) is 0 Å². The van der Waals surface area contributed by atoms with Gasteiger partial charge in [-0.2, -0.15) is 5.26 Å². The van der Waals surface area contributed by atoms with Gasteiger partial charge >= 0.3 is 0 Å². The van der Waals surface area contributed by atoms with E-state index in [4.69, 9.17) is 9.47 Å². The van der Waals surface area contributed by atoms with Gasteiger partial charge in [0.05, 0.1) is 11.5 Å². The van der Waals surface area contributed by atoms with Crippen LogP contribution in [-0.4, -0.2) is 31.2 Å². The minimum absolute atomic E-state index is 0.627. The van der Waals surface area contributed by atoms with Crippen molar-refractivity contribution in [3.63, 3.8) is 0 Å². The molecule has 4 heteroatoms. The first-order chi connectivity index (χ1) is 8.84. The third-order valence-corrected chi connectivity index (χ3v) is 4.90. The molecule has 110 valence electrons. The maximum atomic E-state index is 10.8. The topological polar surface area (TPSA) is 62.5 Å². The summed E-state index contributed by atoms with van der Waals surface area (Å²) in [5, 5.41) is 20.4. The summed E-state index contributed by atoms with van der Waals surface area (Å²) in [6, 6.07) is 2.36. The molecule has 0 saturated heterocycles. The van der Waals surface area contributed by atoms with E-state index in [2.05, 4.69) is 19.9 Å². The van der Waals surface area contributed by atoms with Crippen molar-refractivity contribution in [2.24, 2.45) is 17.3 Å². The van der Waals surface area contributed by atoms with Crippen molar-refractivity contribution in [1.29, 1.82) is 5.26 Å². The first kappa shape index (κ1) is 16.4. The maximum Gasteiger partial charge on any atom is 0.186 e. The van der Waals surface area contributed by atoms with Crippen LogP contribution < -0.4 is 0 Å². The van der Waals surface area contributed by atoms with E-state index in [1.54, 1.807) is 6.92 Å². The van der Waals surface area contributed by atoms with E-state index in [9.17, 15) is 10.4 Å². The van der Waals surface area contributed by atoms with Gasteiger partial charge in [-0.25, -0.2) is 0 Å². The third-order valence-electron chi connectivity index (χ3n) is 4.90. The summed E-state index contributed by atoms with van der Waals surface area (Å²) in [5.41, 5.74) is -2.08. The Morgan fingerprint density at radius 3 is 2.05 bits per heavy atom. The lowest BCUT2D eigenvalue weighted by molar-refractivity contribution is -0.246. The van der Waals surface area contributed by atoms with Crippen molar-refractivity contribution in [2.45, 2.75) is 58.3 Å². The fraction of sp³-hybridized carbons (Fsp3) is 0.933. The Hall–Kier alpha value is -0.630. The fourth-order valence-corrected chi connectivity index (χ4v) is 3.31. The Kier molecular flexibility index (Phi) is 5.37. The molecule has 0 aromatic carbocycles. The van der Waals surface area contributed by atoms with Crippen molar-refractivity contribution in [2.75, 3.05) is 14.2 Å². The molecule has 1 aliphatic rings. The van der Waals surface area contributed by atoms with Crippen molar-refractivity contribution in [1.82, 2.24) is 0 Å². The lowest BCUT2D eigenvalue weighted by atomic mass is 9.61. The van der Waals surface area contributed by atoms with Crippen LogP contribution in [0.3, 0.4) is 0 Å². The zero-order chi connectivity index (χ0) is 14.7. The molecule has 1 unspecified atom stereocenters. The molecule has 1 aliphatic carbocycles. The summed E-state index contributed by atoms with van der Waals surface area (Å²) in [6.07, 6.45) is 2.57. The second-order valence-electron chi connectivity index (χ2n) is 6.23. The Morgan fingerprint density at radius 2 is 1.74 bits per heavy atom. The first-order valence-electron chi connectivity index (χ1n) is 7.04. The van der Waals surface area contributed by atoms with E-state index >= 15 is 0 Å². The normalized spacial score (nSPS) is 31.2. The number of ether oxygens (including phenoxy) is 2. The molecular formula is C15H27NO3. The highest BCUT2D eigenvalue weighted by Crippen LogP contribution is 2.49. The molecule has 0 amide bonds. The van der Waals surface area contributed by atoms with Gasteiger partial charge in [-0.15, -0.1) is 0 Å². The molecule has 0 aliphatic heterocycles. The van der Waals surface area contributed by atoms with Gasteiger partial charge < -0.3 is 14.6 Å². The molecule has 0 aromatic heterocycles. The van der Waals surface area contributed by atoms with Crippen LogP contribution in [-0.2, 0) is 9.47 Å². The molecule has 1 N–H and O–H groups in total. The van der Waals surface area contributed by atoms with Crippen molar-refractivity contribution in [3.05, 3.63) is 0 Å². The van der Waals surface area contributed by atoms with Crippen LogP contribution in [0, 0.1) is 28.6 Å². The highest BCUT2D eigenvalue weighted by atomic mass is 16.7. The SMILES string of the molecule is COC(OC)C(C)(O)C1(C#N)CCC(C(C)C)CC1. The van der Waals surface area contributed by atoms with Gasteiger partial charge in [0.2, 0.25) is 0 Å². The molecule has 0 aromatic rings. The van der Waals surface area contributed by atoms with Crippen LogP contribution in [0.5, 0.6) is 0 Å². The van der Waals surface area contributed by atoms with Gasteiger partial charge in [-0.05, 0) is 44.4 Å². The molecule has 0 spiro atoms. The van der Waals surface area contributed by atoms with Gasteiger partial charge in [-0.1, -0.05) is 13.8 Å². The fourth-order valence-electron chi connectivity index (χ4n) is 3.31. The Morgan fingerprint density at radius 1 is 1.26 bits per heavy atom. The summed E-state index contributed by atoms with van der Waals surface area (Å²) >= 11 is 0. The average molecular weight is 269 g/mol. The lowest BCUT2D eigenvalue weighted by Gasteiger charge is -2.47. The molecule has 0 heterocycles. The van der Waals surface area contributed by atoms with Crippen LogP contribution in [0.1, 0.15) is 46.5 Å². The maximum absolute atomic E-state index is 10.8. The van der Waals surface area contributed by atoms with Gasteiger partial charge in [0.15, 0.2) is 6.29 Å². The highest BCUT2D eigenvalue weighted by molar-refractivity contribution is 5.13. The average Bonchev–Trinajstić information content (AvgIpc) is 2.39. The largest absolute Gasteiger partial charge is 0.383 e. The Labute approximate surface area is 116 Å². The van der Waals surface area contributed by atoms with Crippen molar-refractivity contribution >= 4 is 0 Å². The standard InChI is InChI=1S/C15H27NO3/c1-11(2)12-6-8-15(10-16,9-7-12)14(3,17)13(18-4)19-5/h11-13,17H,6-9H2,1-5H3. The number of hydrogen-bond donors (Lipinski definition) is 1. The van der Waals surface area contributed by atoms with Gasteiger partial charge in [0.25, 0.3) is 0 Å². The minimum atomic E-state index is -1.30. The number of methoxy groups -OCH3 is 2. The quantitative estimate of drug-likeness (QED) is 0.779. The number of rotatable bonds is 5. The predicted molar refractivity (Wildman–Crippen MR) is 73.3 cm³/mol. The van der Waals surface area contributed by atoms with Crippen LogP contribution in [0.25, 0.3) is 0 Å². The Bertz CT molecular complexity index is 321. The van der Waals surface area contributed by atoms with E-state index in [1.807, 2.05) is 0 Å². The van der Waals surface area contributed by atoms with Crippen molar-refractivity contribution < 1.29 is 14.6 Å². The highest BCUT2D eigenvalue weighted by Gasteiger charge is 2.54. The summed E-state index contributed by atoms with van der Waals surface area (Å²) < 4.78 is 10.4. The second kappa shape index (κ2) is 6.21. The monoisotopic (exact) mass is 269 g/mol. The molecule has 19 heavy (non-hydrogen) atoms. The number of nitriles is 1. The third kappa shape index (κ3) is 2.94. The lowest BCUT2D eigenvalue weighted by Crippen LogP contribution is -2.56. The second-order valence-corrected chi connectivity index (χ2v) is 6.23. The first-order valence-corrected chi connectivity index (χ1v) is 7.04. The molecule has 1 rings (SSSR count). The van der Waals surface area contributed by atoms with Crippen LogP contribution in [0.4, 0.5) is 0 Å². The zero-order valence-corrected chi connectivity index (χ0v) is 12.8. The minimum Gasteiger partial charge on any atom is -0.383 e. The molecular weight excluding hydrogens is 242 g/mol.